The molecule has 0 radical (unpaired) electrons. The summed E-state index contributed by atoms with van der Waals surface area (Å²) in [7, 11) is -3.45. The van der Waals surface area contributed by atoms with Gasteiger partial charge in [0.05, 0.1) is 28.7 Å². The number of ether oxygens (including phenoxy) is 1. The lowest BCUT2D eigenvalue weighted by atomic mass is 10.2. The monoisotopic (exact) mass is 392 g/mol. The molecule has 0 amide bonds. The minimum atomic E-state index is -3.45. The van der Waals surface area contributed by atoms with Gasteiger partial charge < -0.3 is 4.74 Å². The van der Waals surface area contributed by atoms with Crippen molar-refractivity contribution >= 4 is 32.7 Å². The molecule has 1 aromatic carbocycles. The number of morpholine rings is 1. The Morgan fingerprint density at radius 3 is 2.48 bits per heavy atom. The molecule has 0 saturated carbocycles. The van der Waals surface area contributed by atoms with E-state index in [1.54, 1.807) is 34.8 Å². The zero-order valence-corrected chi connectivity index (χ0v) is 15.7. The van der Waals surface area contributed by atoms with Crippen LogP contribution in [0.15, 0.2) is 52.1 Å². The summed E-state index contributed by atoms with van der Waals surface area (Å²) in [6.45, 7) is 1.70. The van der Waals surface area contributed by atoms with Crippen molar-refractivity contribution in [1.82, 2.24) is 9.29 Å². The van der Waals surface area contributed by atoms with Crippen molar-refractivity contribution in [3.8, 4) is 21.1 Å². The average Bonchev–Trinajstić information content (AvgIpc) is 3.34. The Kier molecular flexibility index (Phi) is 4.70. The van der Waals surface area contributed by atoms with Gasteiger partial charge in [0.25, 0.3) is 0 Å². The Balaban J connectivity index is 1.58. The predicted octanol–water partition coefficient (Wildman–Crippen LogP) is 3.56. The van der Waals surface area contributed by atoms with Gasteiger partial charge in [0, 0.05) is 24.0 Å². The molecule has 0 atom stereocenters. The Labute approximate surface area is 154 Å². The zero-order valence-electron chi connectivity index (χ0n) is 13.3. The first-order valence-electron chi connectivity index (χ1n) is 7.82. The number of thiazole rings is 1. The number of benzene rings is 1. The van der Waals surface area contributed by atoms with Crippen molar-refractivity contribution < 1.29 is 13.2 Å². The standard InChI is InChI=1S/C17H16N2O3S3/c20-25(21,19-7-9-22-10-8-19)14-5-3-13(4-6-14)15-12-24-17(18-15)16-2-1-11-23-16/h1-6,11-12H,7-10H2. The summed E-state index contributed by atoms with van der Waals surface area (Å²) < 4.78 is 32.0. The highest BCUT2D eigenvalue weighted by molar-refractivity contribution is 7.89. The molecule has 25 heavy (non-hydrogen) atoms. The Bertz CT molecular complexity index is 941. The van der Waals surface area contributed by atoms with Crippen molar-refractivity contribution in [2.24, 2.45) is 0 Å². The molecular formula is C17H16N2O3S3. The van der Waals surface area contributed by atoms with E-state index in [0.717, 1.165) is 21.1 Å². The van der Waals surface area contributed by atoms with Crippen LogP contribution in [0, 0.1) is 0 Å². The number of hydrogen-bond acceptors (Lipinski definition) is 6. The van der Waals surface area contributed by atoms with E-state index in [4.69, 9.17) is 4.74 Å². The summed E-state index contributed by atoms with van der Waals surface area (Å²) in [6, 6.07) is 11.0. The van der Waals surface area contributed by atoms with Gasteiger partial charge in [0.15, 0.2) is 0 Å². The third-order valence-corrected chi connectivity index (χ3v) is 7.79. The first-order valence-corrected chi connectivity index (χ1v) is 11.0. The SMILES string of the molecule is O=S(=O)(c1ccc(-c2csc(-c3cccs3)n2)cc1)N1CCOCC1. The van der Waals surface area contributed by atoms with Gasteiger partial charge in [-0.15, -0.1) is 22.7 Å². The van der Waals surface area contributed by atoms with Crippen molar-refractivity contribution in [1.29, 1.82) is 0 Å². The van der Waals surface area contributed by atoms with Crippen LogP contribution in [0.1, 0.15) is 0 Å². The van der Waals surface area contributed by atoms with Gasteiger partial charge >= 0.3 is 0 Å². The highest BCUT2D eigenvalue weighted by Gasteiger charge is 2.26. The molecule has 0 spiro atoms. The van der Waals surface area contributed by atoms with Crippen LogP contribution in [-0.2, 0) is 14.8 Å². The zero-order chi connectivity index (χ0) is 17.3. The molecule has 8 heteroatoms. The number of nitrogens with zero attached hydrogens (tertiary/aromatic N) is 2. The summed E-state index contributed by atoms with van der Waals surface area (Å²) >= 11 is 3.25. The van der Waals surface area contributed by atoms with E-state index < -0.39 is 10.0 Å². The van der Waals surface area contributed by atoms with Crippen LogP contribution in [0.25, 0.3) is 21.1 Å². The second-order valence-electron chi connectivity index (χ2n) is 5.56. The number of rotatable bonds is 4. The normalized spacial score (nSPS) is 16.2. The topological polar surface area (TPSA) is 59.5 Å². The molecule has 2 aromatic heterocycles. The van der Waals surface area contributed by atoms with Crippen LogP contribution in [0.4, 0.5) is 0 Å². The summed E-state index contributed by atoms with van der Waals surface area (Å²) in [5.74, 6) is 0. The fraction of sp³-hybridized carbons (Fsp3) is 0.235. The molecule has 4 rings (SSSR count). The van der Waals surface area contributed by atoms with Gasteiger partial charge in [-0.3, -0.25) is 0 Å². The number of aromatic nitrogens is 1. The summed E-state index contributed by atoms with van der Waals surface area (Å²) in [5, 5.41) is 5.01. The maximum atomic E-state index is 12.7. The fourth-order valence-electron chi connectivity index (χ4n) is 2.65. The van der Waals surface area contributed by atoms with E-state index in [2.05, 4.69) is 4.98 Å². The smallest absolute Gasteiger partial charge is 0.243 e. The first kappa shape index (κ1) is 16.9. The average molecular weight is 393 g/mol. The number of hydrogen-bond donors (Lipinski definition) is 0. The summed E-state index contributed by atoms with van der Waals surface area (Å²) in [6.07, 6.45) is 0. The van der Waals surface area contributed by atoms with Crippen molar-refractivity contribution in [3.05, 3.63) is 47.2 Å². The van der Waals surface area contributed by atoms with Gasteiger partial charge in [0.2, 0.25) is 10.0 Å². The molecule has 0 unspecified atom stereocenters. The van der Waals surface area contributed by atoms with E-state index >= 15 is 0 Å². The fourth-order valence-corrected chi connectivity index (χ4v) is 5.70. The first-order chi connectivity index (χ1) is 12.1. The molecule has 0 aliphatic carbocycles. The molecule has 1 saturated heterocycles. The van der Waals surface area contributed by atoms with E-state index in [1.165, 1.54) is 4.31 Å². The van der Waals surface area contributed by atoms with E-state index in [-0.39, 0.29) is 0 Å². The van der Waals surface area contributed by atoms with E-state index in [1.807, 2.05) is 35.0 Å². The largest absolute Gasteiger partial charge is 0.379 e. The number of thiophene rings is 1. The van der Waals surface area contributed by atoms with Crippen LogP contribution in [-0.4, -0.2) is 44.0 Å². The minimum Gasteiger partial charge on any atom is -0.379 e. The van der Waals surface area contributed by atoms with E-state index in [0.29, 0.717) is 31.2 Å². The Hall–Kier alpha value is -1.58. The molecule has 5 nitrogen and oxygen atoms in total. The Morgan fingerprint density at radius 1 is 1.04 bits per heavy atom. The second kappa shape index (κ2) is 6.97. The second-order valence-corrected chi connectivity index (χ2v) is 9.30. The van der Waals surface area contributed by atoms with Crippen molar-refractivity contribution in [2.45, 2.75) is 4.90 Å². The molecule has 1 fully saturated rings. The van der Waals surface area contributed by atoms with Crippen LogP contribution in [0.3, 0.4) is 0 Å². The maximum Gasteiger partial charge on any atom is 0.243 e. The number of sulfonamides is 1. The molecule has 3 aromatic rings. The summed E-state index contributed by atoms with van der Waals surface area (Å²) in [4.78, 5) is 6.11. The van der Waals surface area contributed by atoms with E-state index in [9.17, 15) is 8.42 Å². The third kappa shape index (κ3) is 3.40. The van der Waals surface area contributed by atoms with Gasteiger partial charge in [-0.2, -0.15) is 4.31 Å². The highest BCUT2D eigenvalue weighted by atomic mass is 32.2. The molecule has 130 valence electrons. The van der Waals surface area contributed by atoms with Crippen LogP contribution in [0.2, 0.25) is 0 Å². The maximum absolute atomic E-state index is 12.7. The van der Waals surface area contributed by atoms with Gasteiger partial charge in [-0.1, -0.05) is 18.2 Å². The third-order valence-electron chi connectivity index (χ3n) is 3.99. The molecule has 3 heterocycles. The molecule has 1 aliphatic heterocycles. The molecule has 1 aliphatic rings. The van der Waals surface area contributed by atoms with Crippen LogP contribution >= 0.6 is 22.7 Å². The molecule has 0 N–H and O–H groups in total. The quantitative estimate of drug-likeness (QED) is 0.681. The van der Waals surface area contributed by atoms with Crippen LogP contribution in [0.5, 0.6) is 0 Å². The minimum absolute atomic E-state index is 0.312. The van der Waals surface area contributed by atoms with Crippen LogP contribution < -0.4 is 0 Å². The lowest BCUT2D eigenvalue weighted by Crippen LogP contribution is -2.40. The predicted molar refractivity (Wildman–Crippen MR) is 100 cm³/mol. The lowest BCUT2D eigenvalue weighted by molar-refractivity contribution is 0.0730. The molecule has 0 bridgehead atoms. The summed E-state index contributed by atoms with van der Waals surface area (Å²) in [5.41, 5.74) is 1.78. The Morgan fingerprint density at radius 2 is 1.80 bits per heavy atom. The van der Waals surface area contributed by atoms with Gasteiger partial charge in [-0.05, 0) is 23.6 Å². The molecular weight excluding hydrogens is 376 g/mol. The van der Waals surface area contributed by atoms with Gasteiger partial charge in [0.1, 0.15) is 5.01 Å². The highest BCUT2D eigenvalue weighted by Crippen LogP contribution is 2.32. The van der Waals surface area contributed by atoms with Crippen molar-refractivity contribution in [2.75, 3.05) is 26.3 Å². The lowest BCUT2D eigenvalue weighted by Gasteiger charge is -2.26. The van der Waals surface area contributed by atoms with Crippen molar-refractivity contribution in [3.63, 3.8) is 0 Å². The van der Waals surface area contributed by atoms with Gasteiger partial charge in [-0.25, -0.2) is 13.4 Å².